The Kier molecular flexibility index (Phi) is 6.20. The molecule has 0 spiro atoms. The summed E-state index contributed by atoms with van der Waals surface area (Å²) in [6, 6.07) is 6.56. The van der Waals surface area contributed by atoms with Gasteiger partial charge in [0.1, 0.15) is 6.61 Å². The fourth-order valence-electron chi connectivity index (χ4n) is 1.62. The van der Waals surface area contributed by atoms with Gasteiger partial charge in [0.25, 0.3) is 10.0 Å². The molecule has 0 fully saturated rings. The van der Waals surface area contributed by atoms with Crippen LogP contribution >= 0.6 is 11.8 Å². The van der Waals surface area contributed by atoms with Crippen molar-refractivity contribution in [3.8, 4) is 5.75 Å². The summed E-state index contributed by atoms with van der Waals surface area (Å²) in [6.45, 7) is 0.813. The van der Waals surface area contributed by atoms with Crippen molar-refractivity contribution < 1.29 is 17.9 Å². The second-order valence-corrected chi connectivity index (χ2v) is 6.93. The number of hydrogen-bond acceptors (Lipinski definition) is 7. The maximum absolute atomic E-state index is 12.3. The fourth-order valence-corrected chi connectivity index (χ4v) is 2.99. The van der Waals surface area contributed by atoms with Gasteiger partial charge >= 0.3 is 0 Å². The summed E-state index contributed by atoms with van der Waals surface area (Å²) >= 11 is 1.54. The van der Waals surface area contributed by atoms with Gasteiger partial charge in [-0.1, -0.05) is 0 Å². The number of nitrogens with zero attached hydrogens (tertiary/aromatic N) is 2. The molecule has 1 aromatic carbocycles. The minimum atomic E-state index is -3.72. The molecule has 7 nitrogen and oxygen atoms in total. The lowest BCUT2D eigenvalue weighted by atomic mass is 10.4. The first-order valence-corrected chi connectivity index (χ1v) is 9.36. The van der Waals surface area contributed by atoms with Crippen molar-refractivity contribution in [3.63, 3.8) is 0 Å². The molecule has 0 saturated heterocycles. The molecule has 0 saturated carbocycles. The van der Waals surface area contributed by atoms with Gasteiger partial charge in [-0.15, -0.1) is 11.8 Å². The highest BCUT2D eigenvalue weighted by Crippen LogP contribution is 2.19. The number of aromatic nitrogens is 2. The lowest BCUT2D eigenvalue weighted by molar-refractivity contribution is 0.146. The molecular formula is C14H17N3O4S2. The first-order valence-electron chi connectivity index (χ1n) is 6.66. The summed E-state index contributed by atoms with van der Waals surface area (Å²) in [7, 11) is -2.14. The number of benzene rings is 1. The molecule has 0 unspecified atom stereocenters. The molecule has 1 N–H and O–H groups in total. The molecule has 2 aromatic rings. The van der Waals surface area contributed by atoms with Gasteiger partial charge in [0.05, 0.1) is 23.9 Å². The van der Waals surface area contributed by atoms with E-state index >= 15 is 0 Å². The van der Waals surface area contributed by atoms with Gasteiger partial charge in [-0.2, -0.15) is 0 Å². The Labute approximate surface area is 139 Å². The Hall–Kier alpha value is -1.84. The van der Waals surface area contributed by atoms with Crippen LogP contribution < -0.4 is 9.46 Å². The molecular weight excluding hydrogens is 338 g/mol. The van der Waals surface area contributed by atoms with Crippen molar-refractivity contribution in [2.75, 3.05) is 31.3 Å². The van der Waals surface area contributed by atoms with Crippen molar-refractivity contribution in [1.82, 2.24) is 9.97 Å². The van der Waals surface area contributed by atoms with Gasteiger partial charge in [-0.25, -0.2) is 23.1 Å². The number of thioether (sulfide) groups is 1. The van der Waals surface area contributed by atoms with Crippen LogP contribution in [0.3, 0.4) is 0 Å². The SMILES string of the molecule is COCCOc1cnc(NS(=O)(=O)c2ccc(SC)cc2)nc1. The van der Waals surface area contributed by atoms with E-state index in [9.17, 15) is 8.42 Å². The number of rotatable bonds is 8. The van der Waals surface area contributed by atoms with Crippen LogP contribution in [0.5, 0.6) is 5.75 Å². The maximum Gasteiger partial charge on any atom is 0.264 e. The van der Waals surface area contributed by atoms with Crippen LogP contribution in [0, 0.1) is 0 Å². The molecule has 0 radical (unpaired) electrons. The summed E-state index contributed by atoms with van der Waals surface area (Å²) in [5, 5.41) is 0. The van der Waals surface area contributed by atoms with E-state index < -0.39 is 10.0 Å². The molecule has 23 heavy (non-hydrogen) atoms. The smallest absolute Gasteiger partial charge is 0.264 e. The van der Waals surface area contributed by atoms with Crippen molar-refractivity contribution in [3.05, 3.63) is 36.7 Å². The van der Waals surface area contributed by atoms with E-state index in [1.54, 1.807) is 19.2 Å². The minimum absolute atomic E-state index is 0.0157. The van der Waals surface area contributed by atoms with E-state index in [2.05, 4.69) is 14.7 Å². The van der Waals surface area contributed by atoms with Crippen LogP contribution in [-0.2, 0) is 14.8 Å². The van der Waals surface area contributed by atoms with Crippen molar-refractivity contribution in [2.24, 2.45) is 0 Å². The van der Waals surface area contributed by atoms with E-state index in [0.29, 0.717) is 19.0 Å². The van der Waals surface area contributed by atoms with Crippen LogP contribution in [-0.4, -0.2) is 45.0 Å². The molecule has 0 aliphatic carbocycles. The van der Waals surface area contributed by atoms with E-state index in [1.165, 1.54) is 36.3 Å². The van der Waals surface area contributed by atoms with Gasteiger partial charge in [0, 0.05) is 12.0 Å². The Morgan fingerprint density at radius 3 is 2.35 bits per heavy atom. The van der Waals surface area contributed by atoms with Crippen molar-refractivity contribution >= 4 is 27.7 Å². The lowest BCUT2D eigenvalue weighted by Crippen LogP contribution is -2.15. The van der Waals surface area contributed by atoms with Crippen LogP contribution in [0.15, 0.2) is 46.5 Å². The van der Waals surface area contributed by atoms with Gasteiger partial charge in [-0.05, 0) is 30.5 Å². The standard InChI is InChI=1S/C14H17N3O4S2/c1-20-7-8-21-11-9-15-14(16-10-11)17-23(18,19)13-5-3-12(22-2)4-6-13/h3-6,9-10H,7-8H2,1-2H3,(H,15,16,17). The number of ether oxygens (including phenoxy) is 2. The third-order valence-electron chi connectivity index (χ3n) is 2.78. The van der Waals surface area contributed by atoms with Crippen molar-refractivity contribution in [2.45, 2.75) is 9.79 Å². The largest absolute Gasteiger partial charge is 0.488 e. The van der Waals surface area contributed by atoms with Gasteiger partial charge < -0.3 is 9.47 Å². The maximum atomic E-state index is 12.3. The monoisotopic (exact) mass is 355 g/mol. The topological polar surface area (TPSA) is 90.4 Å². The molecule has 0 amide bonds. The molecule has 0 bridgehead atoms. The van der Waals surface area contributed by atoms with E-state index in [4.69, 9.17) is 9.47 Å². The van der Waals surface area contributed by atoms with E-state index in [0.717, 1.165) is 4.90 Å². The predicted molar refractivity (Wildman–Crippen MR) is 88.4 cm³/mol. The zero-order chi connectivity index (χ0) is 16.7. The number of nitrogens with one attached hydrogen (secondary N) is 1. The first kappa shape index (κ1) is 17.5. The highest BCUT2D eigenvalue weighted by molar-refractivity contribution is 7.98. The molecule has 9 heteroatoms. The fraction of sp³-hybridized carbons (Fsp3) is 0.286. The third kappa shape index (κ3) is 5.08. The second kappa shape index (κ2) is 8.14. The molecule has 1 heterocycles. The van der Waals surface area contributed by atoms with E-state index in [1.807, 2.05) is 6.26 Å². The predicted octanol–water partition coefficient (Wildman–Crippen LogP) is 2.02. The second-order valence-electron chi connectivity index (χ2n) is 4.36. The van der Waals surface area contributed by atoms with Crippen LogP contribution in [0.25, 0.3) is 0 Å². The Morgan fingerprint density at radius 1 is 1.13 bits per heavy atom. The average Bonchev–Trinajstić information content (AvgIpc) is 2.56. The number of anilines is 1. The molecule has 1 aromatic heterocycles. The van der Waals surface area contributed by atoms with Crippen LogP contribution in [0.4, 0.5) is 5.95 Å². The summed E-state index contributed by atoms with van der Waals surface area (Å²) < 4.78 is 37.0. The summed E-state index contributed by atoms with van der Waals surface area (Å²) in [5.41, 5.74) is 0. The summed E-state index contributed by atoms with van der Waals surface area (Å²) in [4.78, 5) is 9.00. The molecule has 0 aliphatic heterocycles. The molecule has 124 valence electrons. The summed E-state index contributed by atoms with van der Waals surface area (Å²) in [6.07, 6.45) is 4.72. The first-order chi connectivity index (χ1) is 11.0. The quantitative estimate of drug-likeness (QED) is 0.572. The average molecular weight is 355 g/mol. The van der Waals surface area contributed by atoms with Gasteiger partial charge in [0.2, 0.25) is 5.95 Å². The van der Waals surface area contributed by atoms with Gasteiger partial charge in [-0.3, -0.25) is 0 Å². The Bertz CT molecular complexity index is 719. The lowest BCUT2D eigenvalue weighted by Gasteiger charge is -2.08. The Balaban J connectivity index is 2.04. The Morgan fingerprint density at radius 2 is 1.78 bits per heavy atom. The van der Waals surface area contributed by atoms with Crippen LogP contribution in [0.1, 0.15) is 0 Å². The number of sulfonamides is 1. The van der Waals surface area contributed by atoms with Crippen molar-refractivity contribution in [1.29, 1.82) is 0 Å². The number of hydrogen-bond donors (Lipinski definition) is 1. The number of methoxy groups -OCH3 is 1. The highest BCUT2D eigenvalue weighted by atomic mass is 32.2. The molecule has 0 aliphatic rings. The third-order valence-corrected chi connectivity index (χ3v) is 4.87. The zero-order valence-corrected chi connectivity index (χ0v) is 14.4. The summed E-state index contributed by atoms with van der Waals surface area (Å²) in [5.74, 6) is 0.423. The van der Waals surface area contributed by atoms with Crippen LogP contribution in [0.2, 0.25) is 0 Å². The van der Waals surface area contributed by atoms with Gasteiger partial charge in [0.15, 0.2) is 5.75 Å². The molecule has 2 rings (SSSR count). The zero-order valence-electron chi connectivity index (χ0n) is 12.7. The minimum Gasteiger partial charge on any atom is -0.488 e. The highest BCUT2D eigenvalue weighted by Gasteiger charge is 2.15. The van der Waals surface area contributed by atoms with E-state index in [-0.39, 0.29) is 10.8 Å². The normalized spacial score (nSPS) is 11.2. The molecule has 0 atom stereocenters.